The van der Waals surface area contributed by atoms with E-state index in [0.717, 1.165) is 12.8 Å². The van der Waals surface area contributed by atoms with Crippen LogP contribution in [-0.2, 0) is 4.74 Å². The summed E-state index contributed by atoms with van der Waals surface area (Å²) >= 11 is 5.91. The van der Waals surface area contributed by atoms with Crippen molar-refractivity contribution < 1.29 is 9.53 Å². The molecule has 2 atom stereocenters. The van der Waals surface area contributed by atoms with E-state index in [0.29, 0.717) is 28.1 Å². The summed E-state index contributed by atoms with van der Waals surface area (Å²) in [5, 5.41) is 0.389. The van der Waals surface area contributed by atoms with Gasteiger partial charge < -0.3 is 10.5 Å². The fraction of sp³-hybridized carbons (Fsp3) is 0.533. The molecule has 1 aromatic rings. The molecular formula is C15H20ClNO2. The van der Waals surface area contributed by atoms with Gasteiger partial charge in [0.25, 0.3) is 0 Å². The van der Waals surface area contributed by atoms with Crippen molar-refractivity contribution in [3.63, 3.8) is 0 Å². The topological polar surface area (TPSA) is 52.3 Å². The molecule has 0 bridgehead atoms. The number of carbonyl (C=O) groups is 1. The van der Waals surface area contributed by atoms with E-state index in [4.69, 9.17) is 22.1 Å². The van der Waals surface area contributed by atoms with E-state index in [1.807, 2.05) is 0 Å². The smallest absolute Gasteiger partial charge is 0.340 e. The van der Waals surface area contributed by atoms with Crippen LogP contribution in [0, 0.1) is 11.8 Å². The number of hydrogen-bond acceptors (Lipinski definition) is 3. The van der Waals surface area contributed by atoms with Crippen LogP contribution in [0.4, 0.5) is 5.69 Å². The fourth-order valence-corrected chi connectivity index (χ4v) is 3.07. The van der Waals surface area contributed by atoms with Gasteiger partial charge in [-0.05, 0) is 43.2 Å². The van der Waals surface area contributed by atoms with Gasteiger partial charge in [-0.1, -0.05) is 31.5 Å². The molecule has 1 aliphatic carbocycles. The Morgan fingerprint density at radius 2 is 1.89 bits per heavy atom. The molecule has 104 valence electrons. The van der Waals surface area contributed by atoms with Gasteiger partial charge in [-0.15, -0.1) is 0 Å². The second kappa shape index (κ2) is 5.83. The van der Waals surface area contributed by atoms with Gasteiger partial charge in [-0.2, -0.15) is 0 Å². The fourth-order valence-electron chi connectivity index (χ4n) is 2.90. The van der Waals surface area contributed by atoms with Crippen molar-refractivity contribution in [2.24, 2.45) is 11.8 Å². The van der Waals surface area contributed by atoms with E-state index in [2.05, 4.69) is 13.8 Å². The molecule has 4 heteroatoms. The van der Waals surface area contributed by atoms with Crippen molar-refractivity contribution in [1.29, 1.82) is 0 Å². The summed E-state index contributed by atoms with van der Waals surface area (Å²) in [6.07, 6.45) is 3.05. The molecule has 1 aromatic carbocycles. The molecule has 0 radical (unpaired) electrons. The van der Waals surface area contributed by atoms with Crippen molar-refractivity contribution in [2.75, 3.05) is 5.73 Å². The van der Waals surface area contributed by atoms with E-state index < -0.39 is 0 Å². The standard InChI is InChI=1S/C15H20ClNO2/c1-9-6-10(2)8-11(7-9)19-15(18)12-4-3-5-13(16)14(12)17/h3-5,9-11H,6-8,17H2,1-2H3. The molecule has 1 fully saturated rings. The van der Waals surface area contributed by atoms with Crippen molar-refractivity contribution in [1.82, 2.24) is 0 Å². The van der Waals surface area contributed by atoms with Crippen molar-refractivity contribution in [3.8, 4) is 0 Å². The zero-order valence-electron chi connectivity index (χ0n) is 11.4. The number of benzene rings is 1. The minimum Gasteiger partial charge on any atom is -0.459 e. The van der Waals surface area contributed by atoms with Gasteiger partial charge in [0, 0.05) is 0 Å². The average Bonchev–Trinajstić information content (AvgIpc) is 2.31. The molecule has 0 saturated heterocycles. The zero-order chi connectivity index (χ0) is 14.0. The third-order valence-corrected chi connectivity index (χ3v) is 4.01. The Hall–Kier alpha value is -1.22. The van der Waals surface area contributed by atoms with E-state index in [1.165, 1.54) is 6.42 Å². The molecule has 19 heavy (non-hydrogen) atoms. The quantitative estimate of drug-likeness (QED) is 0.661. The third kappa shape index (κ3) is 3.41. The Labute approximate surface area is 119 Å². The number of halogens is 1. The van der Waals surface area contributed by atoms with Gasteiger partial charge in [0.05, 0.1) is 16.3 Å². The molecule has 2 unspecified atom stereocenters. The Morgan fingerprint density at radius 3 is 2.53 bits per heavy atom. The van der Waals surface area contributed by atoms with E-state index in [9.17, 15) is 4.79 Å². The second-order valence-electron chi connectivity index (χ2n) is 5.65. The normalized spacial score (nSPS) is 27.0. The summed E-state index contributed by atoms with van der Waals surface area (Å²) in [4.78, 5) is 12.1. The van der Waals surface area contributed by atoms with Crippen LogP contribution < -0.4 is 5.73 Å². The highest BCUT2D eigenvalue weighted by molar-refractivity contribution is 6.33. The molecule has 0 aliphatic heterocycles. The van der Waals surface area contributed by atoms with Crippen molar-refractivity contribution in [3.05, 3.63) is 28.8 Å². The summed E-state index contributed by atoms with van der Waals surface area (Å²) in [5.41, 5.74) is 6.47. The first-order valence-corrected chi connectivity index (χ1v) is 7.10. The lowest BCUT2D eigenvalue weighted by atomic mass is 9.82. The van der Waals surface area contributed by atoms with Crippen LogP contribution in [0.15, 0.2) is 18.2 Å². The summed E-state index contributed by atoms with van der Waals surface area (Å²) in [7, 11) is 0. The first-order valence-electron chi connectivity index (χ1n) is 6.72. The number of para-hydroxylation sites is 1. The van der Waals surface area contributed by atoms with Crippen LogP contribution in [0.1, 0.15) is 43.5 Å². The van der Waals surface area contributed by atoms with E-state index in [1.54, 1.807) is 18.2 Å². The molecule has 1 saturated carbocycles. The highest BCUT2D eigenvalue weighted by Crippen LogP contribution is 2.31. The predicted molar refractivity (Wildman–Crippen MR) is 77.2 cm³/mol. The molecule has 1 aliphatic rings. The van der Waals surface area contributed by atoms with Gasteiger partial charge in [0.15, 0.2) is 0 Å². The number of nitrogens with two attached hydrogens (primary N) is 1. The Bertz CT molecular complexity index is 465. The maximum atomic E-state index is 12.1. The number of anilines is 1. The van der Waals surface area contributed by atoms with Crippen LogP contribution in [0.2, 0.25) is 5.02 Å². The minimum absolute atomic E-state index is 0.00960. The first-order chi connectivity index (χ1) is 8.97. The molecule has 0 aromatic heterocycles. The maximum absolute atomic E-state index is 12.1. The van der Waals surface area contributed by atoms with Gasteiger partial charge >= 0.3 is 5.97 Å². The summed E-state index contributed by atoms with van der Waals surface area (Å²) in [5.74, 6) is 0.822. The number of nitrogen functional groups attached to an aromatic ring is 1. The molecule has 3 nitrogen and oxygen atoms in total. The highest BCUT2D eigenvalue weighted by atomic mass is 35.5. The van der Waals surface area contributed by atoms with Crippen LogP contribution in [0.3, 0.4) is 0 Å². The maximum Gasteiger partial charge on any atom is 0.340 e. The van der Waals surface area contributed by atoms with Crippen LogP contribution in [0.5, 0.6) is 0 Å². The van der Waals surface area contributed by atoms with Crippen LogP contribution in [0.25, 0.3) is 0 Å². The van der Waals surface area contributed by atoms with E-state index in [-0.39, 0.29) is 12.1 Å². The molecule has 2 rings (SSSR count). The summed E-state index contributed by atoms with van der Waals surface area (Å²) in [6.45, 7) is 4.40. The second-order valence-corrected chi connectivity index (χ2v) is 6.05. The molecule has 2 N–H and O–H groups in total. The lowest BCUT2D eigenvalue weighted by molar-refractivity contribution is 0.00817. The predicted octanol–water partition coefficient (Wildman–Crippen LogP) is 3.90. The Balaban J connectivity index is 2.06. The number of esters is 1. The van der Waals surface area contributed by atoms with Gasteiger partial charge in [0.2, 0.25) is 0 Å². The lowest BCUT2D eigenvalue weighted by Crippen LogP contribution is -2.28. The number of rotatable bonds is 2. The SMILES string of the molecule is CC1CC(C)CC(OC(=O)c2cccc(Cl)c2N)C1. The van der Waals surface area contributed by atoms with Crippen LogP contribution in [-0.4, -0.2) is 12.1 Å². The number of hydrogen-bond donors (Lipinski definition) is 1. The van der Waals surface area contributed by atoms with Crippen LogP contribution >= 0.6 is 11.6 Å². The Morgan fingerprint density at radius 1 is 1.26 bits per heavy atom. The molecule has 0 spiro atoms. The Kier molecular flexibility index (Phi) is 4.35. The molecular weight excluding hydrogens is 262 g/mol. The number of carbonyl (C=O) groups excluding carboxylic acids is 1. The van der Waals surface area contributed by atoms with Gasteiger partial charge in [0.1, 0.15) is 6.10 Å². The molecule has 0 amide bonds. The number of ether oxygens (including phenoxy) is 1. The third-order valence-electron chi connectivity index (χ3n) is 3.68. The average molecular weight is 282 g/mol. The summed E-state index contributed by atoms with van der Waals surface area (Å²) in [6, 6.07) is 5.03. The lowest BCUT2D eigenvalue weighted by Gasteiger charge is -2.31. The van der Waals surface area contributed by atoms with E-state index >= 15 is 0 Å². The van der Waals surface area contributed by atoms with Gasteiger partial charge in [-0.3, -0.25) is 0 Å². The monoisotopic (exact) mass is 281 g/mol. The summed E-state index contributed by atoms with van der Waals surface area (Å²) < 4.78 is 5.58. The van der Waals surface area contributed by atoms with Crippen molar-refractivity contribution in [2.45, 2.75) is 39.2 Å². The highest BCUT2D eigenvalue weighted by Gasteiger charge is 2.27. The minimum atomic E-state index is -0.369. The zero-order valence-corrected chi connectivity index (χ0v) is 12.1. The molecule has 0 heterocycles. The largest absolute Gasteiger partial charge is 0.459 e. The first kappa shape index (κ1) is 14.2. The van der Waals surface area contributed by atoms with Gasteiger partial charge in [-0.25, -0.2) is 4.79 Å². The van der Waals surface area contributed by atoms with Crippen molar-refractivity contribution >= 4 is 23.3 Å².